The number of carbonyl (C=O) groups excluding carboxylic acids is 3. The lowest BCUT2D eigenvalue weighted by Crippen LogP contribution is -2.36. The standard InChI is InChI=1S/C22H24N2O4/c1-3-28-21(26)13-23-20(25)12-19(16-10-8-15(2)9-11-16)24-14-17-6-4-5-7-18(17)22(24)27/h4-11,19H,3,12-14H2,1-2H3,(H,23,25)/t19-/m1/s1. The number of rotatable bonds is 7. The Balaban J connectivity index is 1.79. The number of nitrogens with zero attached hydrogens (tertiary/aromatic N) is 1. The molecule has 2 aromatic carbocycles. The smallest absolute Gasteiger partial charge is 0.325 e. The Morgan fingerprint density at radius 3 is 2.54 bits per heavy atom. The zero-order valence-corrected chi connectivity index (χ0v) is 16.1. The first kappa shape index (κ1) is 19.6. The van der Waals surface area contributed by atoms with Crippen LogP contribution in [-0.4, -0.2) is 35.8 Å². The van der Waals surface area contributed by atoms with Gasteiger partial charge in [0.25, 0.3) is 5.91 Å². The molecule has 0 saturated carbocycles. The van der Waals surface area contributed by atoms with Crippen LogP contribution in [0.2, 0.25) is 0 Å². The summed E-state index contributed by atoms with van der Waals surface area (Å²) in [6, 6.07) is 14.9. The number of nitrogens with one attached hydrogen (secondary N) is 1. The lowest BCUT2D eigenvalue weighted by atomic mass is 10.0. The van der Waals surface area contributed by atoms with Crippen LogP contribution in [0.5, 0.6) is 0 Å². The molecular weight excluding hydrogens is 356 g/mol. The molecular formula is C22H24N2O4. The second-order valence-electron chi connectivity index (χ2n) is 6.80. The average molecular weight is 380 g/mol. The number of carbonyl (C=O) groups is 3. The Bertz CT molecular complexity index is 876. The van der Waals surface area contributed by atoms with Crippen LogP contribution >= 0.6 is 0 Å². The lowest BCUT2D eigenvalue weighted by molar-refractivity contribution is -0.143. The van der Waals surface area contributed by atoms with Gasteiger partial charge in [-0.2, -0.15) is 0 Å². The van der Waals surface area contributed by atoms with Crippen molar-refractivity contribution in [2.24, 2.45) is 0 Å². The van der Waals surface area contributed by atoms with Gasteiger partial charge in [-0.25, -0.2) is 0 Å². The van der Waals surface area contributed by atoms with Crippen LogP contribution in [-0.2, 0) is 20.9 Å². The van der Waals surface area contributed by atoms with Gasteiger partial charge in [0, 0.05) is 12.1 Å². The summed E-state index contributed by atoms with van der Waals surface area (Å²) in [4.78, 5) is 38.6. The van der Waals surface area contributed by atoms with Gasteiger partial charge in [0.15, 0.2) is 0 Å². The molecule has 1 atom stereocenters. The molecule has 1 heterocycles. The van der Waals surface area contributed by atoms with Crippen LogP contribution < -0.4 is 5.32 Å². The molecule has 6 heteroatoms. The highest BCUT2D eigenvalue weighted by Gasteiger charge is 2.34. The van der Waals surface area contributed by atoms with Gasteiger partial charge in [-0.1, -0.05) is 48.0 Å². The Kier molecular flexibility index (Phi) is 6.09. The number of benzene rings is 2. The molecule has 2 aromatic rings. The van der Waals surface area contributed by atoms with E-state index in [1.54, 1.807) is 11.8 Å². The fraction of sp³-hybridized carbons (Fsp3) is 0.318. The molecule has 0 unspecified atom stereocenters. The lowest BCUT2D eigenvalue weighted by Gasteiger charge is -2.28. The van der Waals surface area contributed by atoms with Gasteiger partial charge in [0.1, 0.15) is 6.54 Å². The summed E-state index contributed by atoms with van der Waals surface area (Å²) in [5.41, 5.74) is 3.62. The molecule has 1 aliphatic heterocycles. The molecule has 1 N–H and O–H groups in total. The van der Waals surface area contributed by atoms with Crippen LogP contribution in [0.3, 0.4) is 0 Å². The minimum atomic E-state index is -0.479. The Labute approximate surface area is 164 Å². The van der Waals surface area contributed by atoms with Gasteiger partial charge in [-0.05, 0) is 31.0 Å². The van der Waals surface area contributed by atoms with Crippen molar-refractivity contribution in [1.29, 1.82) is 0 Å². The van der Waals surface area contributed by atoms with E-state index in [2.05, 4.69) is 5.32 Å². The molecule has 0 saturated heterocycles. The van der Waals surface area contributed by atoms with E-state index in [4.69, 9.17) is 4.74 Å². The van der Waals surface area contributed by atoms with Crippen molar-refractivity contribution >= 4 is 17.8 Å². The highest BCUT2D eigenvalue weighted by molar-refractivity contribution is 5.99. The van der Waals surface area contributed by atoms with Gasteiger partial charge in [-0.3, -0.25) is 14.4 Å². The van der Waals surface area contributed by atoms with Gasteiger partial charge in [0.05, 0.1) is 19.1 Å². The van der Waals surface area contributed by atoms with E-state index in [0.717, 1.165) is 16.7 Å². The molecule has 0 bridgehead atoms. The van der Waals surface area contributed by atoms with E-state index in [1.165, 1.54) is 0 Å². The second-order valence-corrected chi connectivity index (χ2v) is 6.80. The zero-order valence-electron chi connectivity index (χ0n) is 16.1. The summed E-state index contributed by atoms with van der Waals surface area (Å²) in [6.07, 6.45) is 0.0716. The second kappa shape index (κ2) is 8.69. The monoisotopic (exact) mass is 380 g/mol. The van der Waals surface area contributed by atoms with Crippen molar-refractivity contribution in [3.63, 3.8) is 0 Å². The third kappa shape index (κ3) is 4.39. The molecule has 6 nitrogen and oxygen atoms in total. The highest BCUT2D eigenvalue weighted by Crippen LogP contribution is 2.33. The topological polar surface area (TPSA) is 75.7 Å². The minimum Gasteiger partial charge on any atom is -0.465 e. The molecule has 0 fully saturated rings. The summed E-state index contributed by atoms with van der Waals surface area (Å²) in [6.45, 7) is 4.24. The molecule has 28 heavy (non-hydrogen) atoms. The summed E-state index contributed by atoms with van der Waals surface area (Å²) in [5, 5.41) is 2.59. The quantitative estimate of drug-likeness (QED) is 0.750. The largest absolute Gasteiger partial charge is 0.465 e. The molecule has 0 spiro atoms. The van der Waals surface area contributed by atoms with Crippen LogP contribution in [0.4, 0.5) is 0 Å². The van der Waals surface area contributed by atoms with E-state index in [0.29, 0.717) is 12.1 Å². The maximum Gasteiger partial charge on any atom is 0.325 e. The number of aryl methyl sites for hydroxylation is 1. The van der Waals surface area contributed by atoms with Crippen molar-refractivity contribution in [2.75, 3.05) is 13.2 Å². The van der Waals surface area contributed by atoms with E-state index in [9.17, 15) is 14.4 Å². The van der Waals surface area contributed by atoms with Crippen LogP contribution in [0, 0.1) is 6.92 Å². The first-order valence-corrected chi connectivity index (χ1v) is 9.37. The van der Waals surface area contributed by atoms with Crippen LogP contribution in [0.15, 0.2) is 48.5 Å². The number of fused-ring (bicyclic) bond motifs is 1. The number of hydrogen-bond acceptors (Lipinski definition) is 4. The molecule has 0 aliphatic carbocycles. The SMILES string of the molecule is CCOC(=O)CNC(=O)C[C@H](c1ccc(C)cc1)N1Cc2ccccc2C1=O. The van der Waals surface area contributed by atoms with Crippen molar-refractivity contribution in [2.45, 2.75) is 32.9 Å². The molecule has 1 aliphatic rings. The first-order chi connectivity index (χ1) is 13.5. The normalized spacial score (nSPS) is 13.8. The summed E-state index contributed by atoms with van der Waals surface area (Å²) < 4.78 is 4.84. The Morgan fingerprint density at radius 1 is 1.14 bits per heavy atom. The van der Waals surface area contributed by atoms with Crippen molar-refractivity contribution in [3.8, 4) is 0 Å². The molecule has 146 valence electrons. The zero-order chi connectivity index (χ0) is 20.1. The van der Waals surface area contributed by atoms with E-state index < -0.39 is 12.0 Å². The number of amides is 2. The number of esters is 1. The molecule has 2 amide bonds. The maximum absolute atomic E-state index is 12.9. The fourth-order valence-corrected chi connectivity index (χ4v) is 3.36. The first-order valence-electron chi connectivity index (χ1n) is 9.37. The number of ether oxygens (including phenoxy) is 1. The van der Waals surface area contributed by atoms with Gasteiger partial charge < -0.3 is 15.0 Å². The third-order valence-electron chi connectivity index (χ3n) is 4.80. The van der Waals surface area contributed by atoms with E-state index in [1.807, 2.05) is 55.5 Å². The van der Waals surface area contributed by atoms with Crippen LogP contribution in [0.25, 0.3) is 0 Å². The maximum atomic E-state index is 12.9. The predicted molar refractivity (Wildman–Crippen MR) is 104 cm³/mol. The Morgan fingerprint density at radius 2 is 1.86 bits per heavy atom. The fourth-order valence-electron chi connectivity index (χ4n) is 3.36. The van der Waals surface area contributed by atoms with Crippen molar-refractivity contribution in [3.05, 3.63) is 70.8 Å². The van der Waals surface area contributed by atoms with E-state index in [-0.39, 0.29) is 31.4 Å². The summed E-state index contributed by atoms with van der Waals surface area (Å²) in [7, 11) is 0. The Hall–Kier alpha value is -3.15. The summed E-state index contributed by atoms with van der Waals surface area (Å²) in [5.74, 6) is -0.867. The van der Waals surface area contributed by atoms with Crippen LogP contribution in [0.1, 0.15) is 46.4 Å². The molecule has 0 radical (unpaired) electrons. The molecule has 3 rings (SSSR count). The third-order valence-corrected chi connectivity index (χ3v) is 4.80. The minimum absolute atomic E-state index is 0.0716. The number of hydrogen-bond donors (Lipinski definition) is 1. The average Bonchev–Trinajstić information content (AvgIpc) is 3.02. The summed E-state index contributed by atoms with van der Waals surface area (Å²) >= 11 is 0. The highest BCUT2D eigenvalue weighted by atomic mass is 16.5. The van der Waals surface area contributed by atoms with Gasteiger partial charge >= 0.3 is 5.97 Å². The van der Waals surface area contributed by atoms with Gasteiger partial charge in [-0.15, -0.1) is 0 Å². The predicted octanol–water partition coefficient (Wildman–Crippen LogP) is 2.76. The molecule has 0 aromatic heterocycles. The van der Waals surface area contributed by atoms with Gasteiger partial charge in [0.2, 0.25) is 5.91 Å². The van der Waals surface area contributed by atoms with Crippen molar-refractivity contribution < 1.29 is 19.1 Å². The van der Waals surface area contributed by atoms with E-state index >= 15 is 0 Å². The van der Waals surface area contributed by atoms with Crippen molar-refractivity contribution in [1.82, 2.24) is 10.2 Å².